The van der Waals surface area contributed by atoms with Crippen LogP contribution in [0.3, 0.4) is 0 Å². The van der Waals surface area contributed by atoms with Crippen molar-refractivity contribution in [1.82, 2.24) is 20.0 Å². The molecule has 0 atom stereocenters. The van der Waals surface area contributed by atoms with Crippen LogP contribution in [-0.4, -0.2) is 26.7 Å². The van der Waals surface area contributed by atoms with Gasteiger partial charge in [0.15, 0.2) is 0 Å². The van der Waals surface area contributed by atoms with Crippen LogP contribution < -0.4 is 5.32 Å². The second-order valence-electron chi connectivity index (χ2n) is 6.03. The monoisotopic (exact) mass is 324 g/mol. The molecule has 6 nitrogen and oxygen atoms in total. The maximum Gasteiger partial charge on any atom is 0.274 e. The second-order valence-corrected chi connectivity index (χ2v) is 6.03. The molecule has 3 aromatic rings. The Balaban J connectivity index is 1.82. The van der Waals surface area contributed by atoms with Crippen molar-refractivity contribution in [1.29, 1.82) is 0 Å². The minimum Gasteiger partial charge on any atom is -0.352 e. The van der Waals surface area contributed by atoms with E-state index in [-0.39, 0.29) is 18.5 Å². The summed E-state index contributed by atoms with van der Waals surface area (Å²) in [6.07, 6.45) is 1.82. The SMILES string of the molecule is Cc1ccc(-c2noc(-c3cccn3CC(=O)NC(C)C)n2)cc1. The van der Waals surface area contributed by atoms with Crippen molar-refractivity contribution in [3.05, 3.63) is 48.2 Å². The van der Waals surface area contributed by atoms with Gasteiger partial charge in [-0.2, -0.15) is 4.98 Å². The summed E-state index contributed by atoms with van der Waals surface area (Å²) in [5.41, 5.74) is 2.79. The molecule has 6 heteroatoms. The highest BCUT2D eigenvalue weighted by Gasteiger charge is 2.15. The van der Waals surface area contributed by atoms with E-state index in [1.165, 1.54) is 5.56 Å². The lowest BCUT2D eigenvalue weighted by Gasteiger charge is -2.10. The fourth-order valence-electron chi connectivity index (χ4n) is 2.42. The van der Waals surface area contributed by atoms with Gasteiger partial charge in [0, 0.05) is 17.8 Å². The molecule has 0 bridgehead atoms. The number of amides is 1. The van der Waals surface area contributed by atoms with E-state index in [0.717, 1.165) is 11.3 Å². The van der Waals surface area contributed by atoms with Gasteiger partial charge in [0.05, 0.1) is 0 Å². The largest absolute Gasteiger partial charge is 0.352 e. The second kappa shape index (κ2) is 6.70. The quantitative estimate of drug-likeness (QED) is 0.783. The minimum absolute atomic E-state index is 0.0549. The summed E-state index contributed by atoms with van der Waals surface area (Å²) in [5, 5.41) is 6.91. The summed E-state index contributed by atoms with van der Waals surface area (Å²) in [5.74, 6) is 0.873. The highest BCUT2D eigenvalue weighted by molar-refractivity contribution is 5.76. The van der Waals surface area contributed by atoms with Gasteiger partial charge in [-0.05, 0) is 32.9 Å². The molecule has 0 unspecified atom stereocenters. The van der Waals surface area contributed by atoms with Crippen molar-refractivity contribution in [3.8, 4) is 23.0 Å². The van der Waals surface area contributed by atoms with E-state index in [0.29, 0.717) is 11.7 Å². The van der Waals surface area contributed by atoms with Gasteiger partial charge in [-0.3, -0.25) is 4.79 Å². The minimum atomic E-state index is -0.0549. The van der Waals surface area contributed by atoms with Crippen LogP contribution in [0.15, 0.2) is 47.1 Å². The van der Waals surface area contributed by atoms with Crippen LogP contribution in [-0.2, 0) is 11.3 Å². The molecule has 1 amide bonds. The van der Waals surface area contributed by atoms with Crippen LogP contribution in [0.1, 0.15) is 19.4 Å². The van der Waals surface area contributed by atoms with Gasteiger partial charge < -0.3 is 14.4 Å². The fourth-order valence-corrected chi connectivity index (χ4v) is 2.42. The Bertz CT molecular complexity index is 831. The molecule has 124 valence electrons. The number of benzene rings is 1. The number of carbonyl (C=O) groups is 1. The molecule has 1 N–H and O–H groups in total. The Hall–Kier alpha value is -2.89. The predicted octanol–water partition coefficient (Wildman–Crippen LogP) is 3.04. The Labute approximate surface area is 140 Å². The van der Waals surface area contributed by atoms with E-state index in [9.17, 15) is 4.79 Å². The van der Waals surface area contributed by atoms with Gasteiger partial charge in [0.1, 0.15) is 12.2 Å². The zero-order valence-corrected chi connectivity index (χ0v) is 14.0. The number of rotatable bonds is 5. The first-order chi connectivity index (χ1) is 11.5. The van der Waals surface area contributed by atoms with Crippen molar-refractivity contribution in [3.63, 3.8) is 0 Å². The zero-order valence-electron chi connectivity index (χ0n) is 14.0. The molecule has 1 aromatic carbocycles. The molecule has 0 spiro atoms. The predicted molar refractivity (Wildman–Crippen MR) is 91.2 cm³/mol. The average Bonchev–Trinajstić information content (AvgIpc) is 3.16. The molecule has 0 saturated heterocycles. The lowest BCUT2D eigenvalue weighted by molar-refractivity contribution is -0.122. The topological polar surface area (TPSA) is 73.0 Å². The standard InChI is InChI=1S/C18H20N4O2/c1-12(2)19-16(23)11-22-10-4-5-15(22)18-20-17(21-24-18)14-8-6-13(3)7-9-14/h4-10,12H,11H2,1-3H3,(H,19,23). The number of carbonyl (C=O) groups excluding carboxylic acids is 1. The molecule has 0 radical (unpaired) electrons. The molecule has 24 heavy (non-hydrogen) atoms. The smallest absolute Gasteiger partial charge is 0.274 e. The molecule has 0 fully saturated rings. The summed E-state index contributed by atoms with van der Waals surface area (Å²) in [6.45, 7) is 6.10. The van der Waals surface area contributed by atoms with E-state index in [2.05, 4.69) is 15.5 Å². The van der Waals surface area contributed by atoms with E-state index < -0.39 is 0 Å². The Morgan fingerprint density at radius 2 is 2.00 bits per heavy atom. The Morgan fingerprint density at radius 1 is 1.25 bits per heavy atom. The van der Waals surface area contributed by atoms with Gasteiger partial charge >= 0.3 is 0 Å². The first-order valence-corrected chi connectivity index (χ1v) is 7.88. The lowest BCUT2D eigenvalue weighted by Crippen LogP contribution is -2.33. The molecule has 0 aliphatic heterocycles. The maximum absolute atomic E-state index is 12.0. The highest BCUT2D eigenvalue weighted by Crippen LogP contribution is 2.23. The first-order valence-electron chi connectivity index (χ1n) is 7.88. The number of hydrogen-bond donors (Lipinski definition) is 1. The lowest BCUT2D eigenvalue weighted by atomic mass is 10.1. The van der Waals surface area contributed by atoms with Crippen LogP contribution in [0.5, 0.6) is 0 Å². The number of hydrogen-bond acceptors (Lipinski definition) is 4. The van der Waals surface area contributed by atoms with Crippen molar-refractivity contribution >= 4 is 5.91 Å². The normalized spacial score (nSPS) is 11.0. The Morgan fingerprint density at radius 3 is 2.71 bits per heavy atom. The summed E-state index contributed by atoms with van der Waals surface area (Å²) in [6, 6.07) is 11.7. The third-order valence-electron chi connectivity index (χ3n) is 3.55. The fraction of sp³-hybridized carbons (Fsp3) is 0.278. The Kier molecular flexibility index (Phi) is 4.46. The van der Waals surface area contributed by atoms with E-state index >= 15 is 0 Å². The van der Waals surface area contributed by atoms with Crippen molar-refractivity contribution in [2.45, 2.75) is 33.4 Å². The van der Waals surface area contributed by atoms with Gasteiger partial charge in [-0.1, -0.05) is 35.0 Å². The first kappa shape index (κ1) is 16.0. The van der Waals surface area contributed by atoms with E-state index in [1.807, 2.05) is 63.4 Å². The van der Waals surface area contributed by atoms with Crippen LogP contribution in [0, 0.1) is 6.92 Å². The summed E-state index contributed by atoms with van der Waals surface area (Å²) in [4.78, 5) is 16.4. The van der Waals surface area contributed by atoms with Crippen molar-refractivity contribution < 1.29 is 9.32 Å². The van der Waals surface area contributed by atoms with Crippen LogP contribution in [0.25, 0.3) is 23.0 Å². The zero-order chi connectivity index (χ0) is 17.1. The third-order valence-corrected chi connectivity index (χ3v) is 3.55. The number of nitrogens with one attached hydrogen (secondary N) is 1. The van der Waals surface area contributed by atoms with E-state index in [4.69, 9.17) is 4.52 Å². The van der Waals surface area contributed by atoms with Gasteiger partial charge in [0.2, 0.25) is 11.7 Å². The molecular weight excluding hydrogens is 304 g/mol. The van der Waals surface area contributed by atoms with Crippen LogP contribution in [0.2, 0.25) is 0 Å². The molecule has 0 saturated carbocycles. The average molecular weight is 324 g/mol. The number of nitrogens with zero attached hydrogens (tertiary/aromatic N) is 3. The molecule has 2 aromatic heterocycles. The van der Waals surface area contributed by atoms with E-state index in [1.54, 1.807) is 4.57 Å². The third kappa shape index (κ3) is 3.53. The van der Waals surface area contributed by atoms with Gasteiger partial charge in [-0.25, -0.2) is 0 Å². The maximum atomic E-state index is 12.0. The van der Waals surface area contributed by atoms with Crippen LogP contribution in [0.4, 0.5) is 0 Å². The van der Waals surface area contributed by atoms with Gasteiger partial charge in [-0.15, -0.1) is 0 Å². The van der Waals surface area contributed by atoms with Gasteiger partial charge in [0.25, 0.3) is 5.89 Å². The molecule has 0 aliphatic carbocycles. The van der Waals surface area contributed by atoms with Crippen molar-refractivity contribution in [2.24, 2.45) is 0 Å². The number of aryl methyl sites for hydroxylation is 1. The highest BCUT2D eigenvalue weighted by atomic mass is 16.5. The molecular formula is C18H20N4O2. The summed E-state index contributed by atoms with van der Waals surface area (Å²) in [7, 11) is 0. The summed E-state index contributed by atoms with van der Waals surface area (Å²) >= 11 is 0. The number of aromatic nitrogens is 3. The molecule has 3 rings (SSSR count). The molecule has 2 heterocycles. The molecule has 0 aliphatic rings. The summed E-state index contributed by atoms with van der Waals surface area (Å²) < 4.78 is 7.18. The van der Waals surface area contributed by atoms with Crippen LogP contribution >= 0.6 is 0 Å². The van der Waals surface area contributed by atoms with Crippen molar-refractivity contribution in [2.75, 3.05) is 0 Å².